The highest BCUT2D eigenvalue weighted by Crippen LogP contribution is 2.41. The lowest BCUT2D eigenvalue weighted by molar-refractivity contribution is 0.0342. The standard InChI is InChI=1S/C24H30N2O4/c1-24(2)15-21(20-9-8-19(28-3)14-22(20)30-24)25-23(27)18-6-4-17(5-7-18)16-26-10-12-29-13-11-26/h4-9,14,21H,10-13,15-16H2,1-3H3,(H,25,27)/t21-/m1/s1. The summed E-state index contributed by atoms with van der Waals surface area (Å²) in [5, 5.41) is 3.20. The second-order valence-corrected chi connectivity index (χ2v) is 8.58. The fourth-order valence-corrected chi connectivity index (χ4v) is 4.11. The summed E-state index contributed by atoms with van der Waals surface area (Å²) in [7, 11) is 1.64. The van der Waals surface area contributed by atoms with Crippen LogP contribution in [0.25, 0.3) is 0 Å². The van der Waals surface area contributed by atoms with E-state index in [1.165, 1.54) is 5.56 Å². The third kappa shape index (κ3) is 4.77. The maximum Gasteiger partial charge on any atom is 0.251 e. The van der Waals surface area contributed by atoms with Crippen molar-refractivity contribution in [3.05, 3.63) is 59.2 Å². The smallest absolute Gasteiger partial charge is 0.251 e. The summed E-state index contributed by atoms with van der Waals surface area (Å²) in [5.41, 5.74) is 2.48. The predicted octanol–water partition coefficient (Wildman–Crippen LogP) is 3.56. The van der Waals surface area contributed by atoms with Gasteiger partial charge in [-0.05, 0) is 43.7 Å². The molecule has 1 N–H and O–H groups in total. The van der Waals surface area contributed by atoms with E-state index in [1.807, 2.05) is 56.3 Å². The molecule has 0 unspecified atom stereocenters. The van der Waals surface area contributed by atoms with Gasteiger partial charge in [0.1, 0.15) is 17.1 Å². The van der Waals surface area contributed by atoms with Gasteiger partial charge >= 0.3 is 0 Å². The molecule has 2 aromatic rings. The van der Waals surface area contributed by atoms with E-state index in [0.29, 0.717) is 12.0 Å². The Morgan fingerprint density at radius 2 is 1.90 bits per heavy atom. The Balaban J connectivity index is 1.45. The first-order valence-electron chi connectivity index (χ1n) is 10.5. The predicted molar refractivity (Wildman–Crippen MR) is 115 cm³/mol. The van der Waals surface area contributed by atoms with E-state index >= 15 is 0 Å². The van der Waals surface area contributed by atoms with Crippen LogP contribution in [0.15, 0.2) is 42.5 Å². The Morgan fingerprint density at radius 3 is 2.60 bits per heavy atom. The number of morpholine rings is 1. The van der Waals surface area contributed by atoms with E-state index in [-0.39, 0.29) is 17.6 Å². The van der Waals surface area contributed by atoms with Gasteiger partial charge in [0.05, 0.1) is 26.4 Å². The molecule has 1 amide bonds. The summed E-state index contributed by atoms with van der Waals surface area (Å²) in [6.45, 7) is 8.43. The number of carbonyl (C=O) groups is 1. The highest BCUT2D eigenvalue weighted by atomic mass is 16.5. The third-order valence-corrected chi connectivity index (χ3v) is 5.71. The van der Waals surface area contributed by atoms with Crippen LogP contribution in [0, 0.1) is 0 Å². The van der Waals surface area contributed by atoms with E-state index in [0.717, 1.165) is 49.9 Å². The third-order valence-electron chi connectivity index (χ3n) is 5.71. The summed E-state index contributed by atoms with van der Waals surface area (Å²) in [6, 6.07) is 13.5. The number of hydrogen-bond donors (Lipinski definition) is 1. The van der Waals surface area contributed by atoms with E-state index in [4.69, 9.17) is 14.2 Å². The summed E-state index contributed by atoms with van der Waals surface area (Å²) < 4.78 is 16.8. The molecule has 2 aromatic carbocycles. The average Bonchev–Trinajstić information content (AvgIpc) is 2.73. The Labute approximate surface area is 178 Å². The number of fused-ring (bicyclic) bond motifs is 1. The molecule has 0 radical (unpaired) electrons. The molecule has 160 valence electrons. The molecule has 1 atom stereocenters. The minimum atomic E-state index is -0.376. The number of rotatable bonds is 5. The van der Waals surface area contributed by atoms with Crippen molar-refractivity contribution in [1.29, 1.82) is 0 Å². The zero-order valence-corrected chi connectivity index (χ0v) is 17.9. The molecule has 0 saturated carbocycles. The number of nitrogens with zero attached hydrogens (tertiary/aromatic N) is 1. The molecule has 30 heavy (non-hydrogen) atoms. The quantitative estimate of drug-likeness (QED) is 0.817. The highest BCUT2D eigenvalue weighted by molar-refractivity contribution is 5.94. The van der Waals surface area contributed by atoms with Crippen LogP contribution in [0.5, 0.6) is 11.5 Å². The minimum Gasteiger partial charge on any atom is -0.497 e. The van der Waals surface area contributed by atoms with Crippen molar-refractivity contribution in [2.24, 2.45) is 0 Å². The number of carbonyl (C=O) groups excluding carboxylic acids is 1. The normalized spacial score (nSPS) is 20.7. The SMILES string of the molecule is COc1ccc2c(c1)OC(C)(C)C[C@H]2NC(=O)c1ccc(CN2CCOCC2)cc1. The number of benzene rings is 2. The summed E-state index contributed by atoms with van der Waals surface area (Å²) in [5.74, 6) is 1.43. The first-order chi connectivity index (χ1) is 14.4. The number of nitrogens with one attached hydrogen (secondary N) is 1. The van der Waals surface area contributed by atoms with Crippen LogP contribution in [0.2, 0.25) is 0 Å². The van der Waals surface area contributed by atoms with E-state index in [1.54, 1.807) is 7.11 Å². The lowest BCUT2D eigenvalue weighted by Crippen LogP contribution is -2.41. The monoisotopic (exact) mass is 410 g/mol. The molecule has 6 nitrogen and oxygen atoms in total. The number of amides is 1. The van der Waals surface area contributed by atoms with E-state index in [2.05, 4.69) is 10.2 Å². The molecule has 6 heteroatoms. The second kappa shape index (κ2) is 8.66. The summed E-state index contributed by atoms with van der Waals surface area (Å²) in [4.78, 5) is 15.3. The van der Waals surface area contributed by atoms with Crippen molar-refractivity contribution in [1.82, 2.24) is 10.2 Å². The van der Waals surface area contributed by atoms with Crippen LogP contribution in [0.4, 0.5) is 0 Å². The minimum absolute atomic E-state index is 0.0719. The first kappa shape index (κ1) is 20.7. The lowest BCUT2D eigenvalue weighted by atomic mass is 9.89. The van der Waals surface area contributed by atoms with Gasteiger partial charge < -0.3 is 19.5 Å². The molecule has 4 rings (SSSR count). The maximum atomic E-state index is 13.0. The Hall–Kier alpha value is -2.57. The highest BCUT2D eigenvalue weighted by Gasteiger charge is 2.35. The number of methoxy groups -OCH3 is 1. The van der Waals surface area contributed by atoms with Crippen molar-refractivity contribution in [3.63, 3.8) is 0 Å². The van der Waals surface area contributed by atoms with Crippen LogP contribution in [-0.2, 0) is 11.3 Å². The molecule has 0 bridgehead atoms. The zero-order chi connectivity index (χ0) is 21.1. The van der Waals surface area contributed by atoms with Crippen LogP contribution in [0.3, 0.4) is 0 Å². The molecule has 2 aliphatic rings. The topological polar surface area (TPSA) is 60.0 Å². The zero-order valence-electron chi connectivity index (χ0n) is 17.9. The van der Waals surface area contributed by atoms with Crippen molar-refractivity contribution in [2.45, 2.75) is 38.5 Å². The van der Waals surface area contributed by atoms with Gasteiger partial charge in [-0.15, -0.1) is 0 Å². The van der Waals surface area contributed by atoms with Gasteiger partial charge in [-0.2, -0.15) is 0 Å². The fraction of sp³-hybridized carbons (Fsp3) is 0.458. The Bertz CT molecular complexity index is 889. The van der Waals surface area contributed by atoms with Crippen molar-refractivity contribution in [3.8, 4) is 11.5 Å². The van der Waals surface area contributed by atoms with Gasteiger partial charge in [-0.3, -0.25) is 9.69 Å². The first-order valence-corrected chi connectivity index (χ1v) is 10.5. The van der Waals surface area contributed by atoms with Crippen molar-refractivity contribution < 1.29 is 19.0 Å². The second-order valence-electron chi connectivity index (χ2n) is 8.58. The van der Waals surface area contributed by atoms with E-state index in [9.17, 15) is 4.79 Å². The van der Waals surface area contributed by atoms with Gasteiger partial charge in [0, 0.05) is 43.2 Å². The van der Waals surface area contributed by atoms with Crippen LogP contribution >= 0.6 is 0 Å². The van der Waals surface area contributed by atoms with E-state index < -0.39 is 0 Å². The van der Waals surface area contributed by atoms with Crippen molar-refractivity contribution in [2.75, 3.05) is 33.4 Å². The summed E-state index contributed by atoms with van der Waals surface area (Å²) >= 11 is 0. The van der Waals surface area contributed by atoms with Gasteiger partial charge in [0.15, 0.2) is 0 Å². The molecular weight excluding hydrogens is 380 g/mol. The molecule has 2 aliphatic heterocycles. The molecular formula is C24H30N2O4. The number of hydrogen-bond acceptors (Lipinski definition) is 5. The van der Waals surface area contributed by atoms with Crippen LogP contribution in [-0.4, -0.2) is 49.8 Å². The van der Waals surface area contributed by atoms with Gasteiger partial charge in [0.25, 0.3) is 5.91 Å². The van der Waals surface area contributed by atoms with Crippen LogP contribution in [0.1, 0.15) is 47.8 Å². The largest absolute Gasteiger partial charge is 0.497 e. The maximum absolute atomic E-state index is 13.0. The Kier molecular flexibility index (Phi) is 5.97. The van der Waals surface area contributed by atoms with Gasteiger partial charge in [-0.25, -0.2) is 0 Å². The molecule has 1 fully saturated rings. The lowest BCUT2D eigenvalue weighted by Gasteiger charge is -2.38. The van der Waals surface area contributed by atoms with Gasteiger partial charge in [-0.1, -0.05) is 12.1 Å². The van der Waals surface area contributed by atoms with Crippen molar-refractivity contribution >= 4 is 5.91 Å². The average molecular weight is 411 g/mol. The molecule has 0 aliphatic carbocycles. The van der Waals surface area contributed by atoms with Crippen LogP contribution < -0.4 is 14.8 Å². The molecule has 0 aromatic heterocycles. The summed E-state index contributed by atoms with van der Waals surface area (Å²) in [6.07, 6.45) is 0.702. The number of ether oxygens (including phenoxy) is 3. The fourth-order valence-electron chi connectivity index (χ4n) is 4.11. The molecule has 0 spiro atoms. The molecule has 2 heterocycles. The van der Waals surface area contributed by atoms with Gasteiger partial charge in [0.2, 0.25) is 0 Å². The Morgan fingerprint density at radius 1 is 1.17 bits per heavy atom. The molecule has 1 saturated heterocycles.